The maximum Gasteiger partial charge on any atom is 0.407 e. The van der Waals surface area contributed by atoms with Crippen molar-refractivity contribution in [1.29, 1.82) is 0 Å². The number of alkyl carbamates (subject to hydrolysis) is 1. The number of carbonyl (C=O) groups excluding carboxylic acids is 2. The molecule has 57 heavy (non-hydrogen) atoms. The van der Waals surface area contributed by atoms with Crippen molar-refractivity contribution in [2.45, 2.75) is 240 Å². The van der Waals surface area contributed by atoms with Crippen LogP contribution < -0.4 is 11.5 Å². The third-order valence-corrected chi connectivity index (χ3v) is 9.29. The number of rotatable bonds is 36. The van der Waals surface area contributed by atoms with Gasteiger partial charge in [0.25, 0.3) is 0 Å². The van der Waals surface area contributed by atoms with E-state index >= 15 is 0 Å². The summed E-state index contributed by atoms with van der Waals surface area (Å²) in [6, 6.07) is 0. The molecule has 0 bridgehead atoms. The van der Waals surface area contributed by atoms with Gasteiger partial charge in [0.15, 0.2) is 0 Å². The molecule has 0 saturated heterocycles. The van der Waals surface area contributed by atoms with Crippen molar-refractivity contribution in [2.24, 2.45) is 0 Å². The Labute approximate surface area is 350 Å². The van der Waals surface area contributed by atoms with Gasteiger partial charge in [-0.25, -0.2) is 9.59 Å². The van der Waals surface area contributed by atoms with Crippen LogP contribution >= 0.6 is 0 Å². The van der Waals surface area contributed by atoms with Gasteiger partial charge >= 0.3 is 24.0 Å². The lowest BCUT2D eigenvalue weighted by atomic mass is 10.0. The van der Waals surface area contributed by atoms with Crippen LogP contribution in [0.15, 0.2) is 23.8 Å². The van der Waals surface area contributed by atoms with Crippen molar-refractivity contribution < 1.29 is 38.9 Å². The van der Waals surface area contributed by atoms with Crippen LogP contribution in [0.1, 0.15) is 234 Å². The zero-order valence-electron chi connectivity index (χ0n) is 38.0. The molecular weight excluding hydrogens is 721 g/mol. The van der Waals surface area contributed by atoms with Gasteiger partial charge in [-0.15, -0.1) is 0 Å². The molecule has 0 heterocycles. The van der Waals surface area contributed by atoms with E-state index in [9.17, 15) is 19.2 Å². The van der Waals surface area contributed by atoms with Crippen LogP contribution in [-0.2, 0) is 23.9 Å². The number of nitrogens with one attached hydrogen (secondary N) is 1. The summed E-state index contributed by atoms with van der Waals surface area (Å²) in [5.74, 6) is -1.83. The standard InChI is InChI=1S/C25H45NO6.C19H36O2.C3H8.H3N/c1-4-5-6-13-16-22(32-25(30)26-19-20-31-24(29)21(2)3)17-14-11-9-7-8-10-12-15-18-23(27)28;1-3-4-5-12-15-18(2)16-13-10-8-6-7-9-11-14-17-19(20)21;1-3-2;/h22H,2,4-20H2,1,3H3,(H,26,30)(H,27,28);15H,3-14,16-17H2,1-2H3,(H,20,21);3H2,1-2H3;1H3. The number of esters is 1. The monoisotopic (exact) mass is 813 g/mol. The van der Waals surface area contributed by atoms with Crippen LogP contribution in [0.25, 0.3) is 0 Å². The number of carbonyl (C=O) groups is 4. The van der Waals surface area contributed by atoms with E-state index in [2.05, 4.69) is 52.6 Å². The molecule has 1 unspecified atom stereocenters. The van der Waals surface area contributed by atoms with Gasteiger partial charge in [0.2, 0.25) is 0 Å². The minimum atomic E-state index is -0.712. The second-order valence-electron chi connectivity index (χ2n) is 15.5. The van der Waals surface area contributed by atoms with Crippen LogP contribution in [0.4, 0.5) is 4.79 Å². The Morgan fingerprint density at radius 1 is 0.596 bits per heavy atom. The fourth-order valence-corrected chi connectivity index (χ4v) is 5.97. The highest BCUT2D eigenvalue weighted by molar-refractivity contribution is 5.86. The Kier molecular flexibility index (Phi) is 52.5. The van der Waals surface area contributed by atoms with Gasteiger partial charge in [0, 0.05) is 18.4 Å². The Balaban J connectivity index is -0.000000486. The van der Waals surface area contributed by atoms with Gasteiger partial charge in [0.05, 0.1) is 6.54 Å². The van der Waals surface area contributed by atoms with Crippen molar-refractivity contribution in [3.8, 4) is 0 Å². The molecule has 0 aromatic heterocycles. The first-order valence-corrected chi connectivity index (χ1v) is 22.8. The summed E-state index contributed by atoms with van der Waals surface area (Å²) >= 11 is 0. The number of aliphatic carboxylic acids is 2. The Morgan fingerprint density at radius 2 is 0.982 bits per heavy atom. The molecule has 0 aliphatic heterocycles. The van der Waals surface area contributed by atoms with Gasteiger partial charge in [-0.1, -0.05) is 161 Å². The third kappa shape index (κ3) is 55.3. The van der Waals surface area contributed by atoms with Crippen molar-refractivity contribution in [3.63, 3.8) is 0 Å². The molecule has 0 rings (SSSR count). The summed E-state index contributed by atoms with van der Waals surface area (Å²) in [4.78, 5) is 44.3. The predicted molar refractivity (Wildman–Crippen MR) is 239 cm³/mol. The third-order valence-electron chi connectivity index (χ3n) is 9.29. The molecule has 6 N–H and O–H groups in total. The number of hydrogen-bond acceptors (Lipinski definition) is 7. The molecule has 1 amide bonds. The first kappa shape index (κ1) is 60.8. The molecule has 338 valence electrons. The van der Waals surface area contributed by atoms with Crippen LogP contribution in [0, 0.1) is 0 Å². The van der Waals surface area contributed by atoms with E-state index in [1.54, 1.807) is 12.5 Å². The maximum atomic E-state index is 12.1. The van der Waals surface area contributed by atoms with Gasteiger partial charge in [-0.2, -0.15) is 0 Å². The first-order valence-electron chi connectivity index (χ1n) is 22.8. The zero-order chi connectivity index (χ0) is 42.5. The number of allylic oxidation sites excluding steroid dienone is 2. The van der Waals surface area contributed by atoms with E-state index in [1.165, 1.54) is 96.3 Å². The smallest absolute Gasteiger partial charge is 0.407 e. The van der Waals surface area contributed by atoms with Gasteiger partial charge in [0.1, 0.15) is 12.7 Å². The molecule has 0 saturated carbocycles. The summed E-state index contributed by atoms with van der Waals surface area (Å²) in [6.45, 7) is 16.4. The molecule has 0 aromatic rings. The van der Waals surface area contributed by atoms with Gasteiger partial charge in [-0.05, 0) is 78.1 Å². The molecule has 0 aliphatic rings. The SMILES string of the molecule is C=C(C)C(=O)OCCNC(=O)OC(CCCCCC)CCCCCCCCCCC(=O)O.CCC.CCCCCC=C(C)CCCCCCCCCCC(=O)O.N. The topological polar surface area (TPSA) is 174 Å². The van der Waals surface area contributed by atoms with Crippen LogP contribution in [-0.4, -0.2) is 53.5 Å². The maximum absolute atomic E-state index is 12.1. The molecule has 10 heteroatoms. The lowest BCUT2D eigenvalue weighted by molar-refractivity contribution is -0.139. The van der Waals surface area contributed by atoms with Gasteiger partial charge in [-0.3, -0.25) is 9.59 Å². The second kappa shape index (κ2) is 49.3. The number of amides is 1. The van der Waals surface area contributed by atoms with Gasteiger partial charge < -0.3 is 31.2 Å². The van der Waals surface area contributed by atoms with Crippen molar-refractivity contribution >= 4 is 24.0 Å². The average Bonchev–Trinajstić information content (AvgIpc) is 3.15. The second-order valence-corrected chi connectivity index (χ2v) is 15.5. The van der Waals surface area contributed by atoms with E-state index in [-0.39, 0.29) is 31.8 Å². The quantitative estimate of drug-likeness (QED) is 0.0208. The number of carboxylic acid groups (broad SMARTS) is 2. The number of ether oxygens (including phenoxy) is 2. The first-order chi connectivity index (χ1) is 26.9. The van der Waals surface area contributed by atoms with Crippen LogP contribution in [0.2, 0.25) is 0 Å². The van der Waals surface area contributed by atoms with Crippen molar-refractivity contribution in [2.75, 3.05) is 13.2 Å². The van der Waals surface area contributed by atoms with E-state index in [0.717, 1.165) is 83.5 Å². The Morgan fingerprint density at radius 3 is 1.40 bits per heavy atom. The Hall–Kier alpha value is -2.88. The summed E-state index contributed by atoms with van der Waals surface area (Å²) in [5.41, 5.74) is 1.90. The zero-order valence-corrected chi connectivity index (χ0v) is 38.0. The van der Waals surface area contributed by atoms with Crippen LogP contribution in [0.5, 0.6) is 0 Å². The fraction of sp³-hybridized carbons (Fsp3) is 0.830. The normalized spacial score (nSPS) is 11.2. The highest BCUT2D eigenvalue weighted by Gasteiger charge is 2.14. The molecule has 0 aromatic carbocycles. The lowest BCUT2D eigenvalue weighted by Gasteiger charge is -2.18. The highest BCUT2D eigenvalue weighted by atomic mass is 16.6. The van der Waals surface area contributed by atoms with E-state index in [1.807, 2.05) is 0 Å². The Bertz CT molecular complexity index is 969. The molecule has 10 nitrogen and oxygen atoms in total. The minimum absolute atomic E-state index is 0. The van der Waals surface area contributed by atoms with E-state index < -0.39 is 24.0 Å². The van der Waals surface area contributed by atoms with Crippen molar-refractivity contribution in [3.05, 3.63) is 23.8 Å². The summed E-state index contributed by atoms with van der Waals surface area (Å²) < 4.78 is 10.6. The number of hydrogen-bond donors (Lipinski definition) is 4. The number of unbranched alkanes of at least 4 members (excludes halogenated alkanes) is 20. The van der Waals surface area contributed by atoms with E-state index in [4.69, 9.17) is 19.7 Å². The lowest BCUT2D eigenvalue weighted by Crippen LogP contribution is -2.32. The molecule has 0 spiro atoms. The van der Waals surface area contributed by atoms with Crippen molar-refractivity contribution in [1.82, 2.24) is 11.5 Å². The highest BCUT2D eigenvalue weighted by Crippen LogP contribution is 2.17. The average molecular weight is 813 g/mol. The predicted octanol–water partition coefficient (Wildman–Crippen LogP) is 14.2. The number of carboxylic acids is 2. The molecule has 0 aliphatic carbocycles. The fourth-order valence-electron chi connectivity index (χ4n) is 5.97. The minimum Gasteiger partial charge on any atom is -0.481 e. The van der Waals surface area contributed by atoms with E-state index in [0.29, 0.717) is 12.0 Å². The molecule has 0 fully saturated rings. The van der Waals surface area contributed by atoms with Crippen LogP contribution in [0.3, 0.4) is 0 Å². The molecular formula is C47H92N2O8. The summed E-state index contributed by atoms with van der Waals surface area (Å²) in [5, 5.41) is 19.8. The molecule has 1 atom stereocenters. The molecule has 0 radical (unpaired) electrons. The summed E-state index contributed by atoms with van der Waals surface area (Å²) in [7, 11) is 0. The summed E-state index contributed by atoms with van der Waals surface area (Å²) in [6.07, 6.45) is 34.8. The largest absolute Gasteiger partial charge is 0.481 e.